The second kappa shape index (κ2) is 6.51. The van der Waals surface area contributed by atoms with Crippen LogP contribution in [0.15, 0.2) is 0 Å². The van der Waals surface area contributed by atoms with Crippen LogP contribution in [0.1, 0.15) is 29.2 Å². The third-order valence-corrected chi connectivity index (χ3v) is 3.82. The van der Waals surface area contributed by atoms with Crippen LogP contribution in [0.2, 0.25) is 0 Å². The van der Waals surface area contributed by atoms with E-state index in [1.807, 2.05) is 13.8 Å². The van der Waals surface area contributed by atoms with Crippen molar-refractivity contribution >= 4 is 28.3 Å². The molecule has 0 radical (unpaired) electrons. The standard InChI is InChI=1S/C12H20N4O2S/c1-5-16(6-2)9(17)7-15(4)11(18)10-8(3)14-12(13)19-10/h5-7H2,1-4H3,(H2,13,14). The Labute approximate surface area is 117 Å². The van der Waals surface area contributed by atoms with Crippen molar-refractivity contribution in [3.63, 3.8) is 0 Å². The number of rotatable bonds is 5. The van der Waals surface area contributed by atoms with Gasteiger partial charge in [-0.2, -0.15) is 0 Å². The van der Waals surface area contributed by atoms with Gasteiger partial charge >= 0.3 is 0 Å². The Hall–Kier alpha value is -1.63. The minimum absolute atomic E-state index is 0.0593. The van der Waals surface area contributed by atoms with Gasteiger partial charge in [-0.15, -0.1) is 0 Å². The molecule has 1 rings (SSSR count). The lowest BCUT2D eigenvalue weighted by molar-refractivity contribution is -0.131. The molecule has 0 unspecified atom stereocenters. The molecule has 19 heavy (non-hydrogen) atoms. The number of nitrogens with two attached hydrogens (primary N) is 1. The van der Waals surface area contributed by atoms with Gasteiger partial charge < -0.3 is 15.5 Å². The van der Waals surface area contributed by atoms with Crippen LogP contribution < -0.4 is 5.73 Å². The SMILES string of the molecule is CCN(CC)C(=O)CN(C)C(=O)c1sc(N)nc1C. The number of carbonyl (C=O) groups is 2. The van der Waals surface area contributed by atoms with Crippen molar-refractivity contribution in [1.29, 1.82) is 0 Å². The van der Waals surface area contributed by atoms with E-state index in [1.165, 1.54) is 4.90 Å². The maximum atomic E-state index is 12.2. The van der Waals surface area contributed by atoms with Crippen LogP contribution in [0, 0.1) is 6.92 Å². The van der Waals surface area contributed by atoms with Gasteiger partial charge in [0.05, 0.1) is 12.2 Å². The van der Waals surface area contributed by atoms with Crippen molar-refractivity contribution in [2.45, 2.75) is 20.8 Å². The van der Waals surface area contributed by atoms with E-state index in [-0.39, 0.29) is 18.4 Å². The first kappa shape index (κ1) is 15.4. The summed E-state index contributed by atoms with van der Waals surface area (Å²) in [5, 5.41) is 0.365. The number of aryl methyl sites for hydroxylation is 1. The van der Waals surface area contributed by atoms with Crippen LogP contribution in [0.25, 0.3) is 0 Å². The highest BCUT2D eigenvalue weighted by atomic mass is 32.1. The van der Waals surface area contributed by atoms with E-state index >= 15 is 0 Å². The van der Waals surface area contributed by atoms with Crippen LogP contribution >= 0.6 is 11.3 Å². The Kier molecular flexibility index (Phi) is 5.29. The highest BCUT2D eigenvalue weighted by Gasteiger charge is 2.21. The average molecular weight is 284 g/mol. The number of hydrogen-bond donors (Lipinski definition) is 1. The molecule has 0 saturated heterocycles. The molecule has 2 N–H and O–H groups in total. The van der Waals surface area contributed by atoms with Gasteiger partial charge in [0, 0.05) is 20.1 Å². The van der Waals surface area contributed by atoms with Crippen LogP contribution in [-0.2, 0) is 4.79 Å². The summed E-state index contributed by atoms with van der Waals surface area (Å²) >= 11 is 1.15. The number of nitrogens with zero attached hydrogens (tertiary/aromatic N) is 3. The highest BCUT2D eigenvalue weighted by Crippen LogP contribution is 2.20. The van der Waals surface area contributed by atoms with Crippen molar-refractivity contribution in [3.8, 4) is 0 Å². The normalized spacial score (nSPS) is 10.3. The molecule has 1 heterocycles. The van der Waals surface area contributed by atoms with Gasteiger partial charge in [-0.25, -0.2) is 4.98 Å². The van der Waals surface area contributed by atoms with Gasteiger partial charge in [0.2, 0.25) is 5.91 Å². The number of anilines is 1. The summed E-state index contributed by atoms with van der Waals surface area (Å²) in [6.45, 7) is 6.92. The molecular formula is C12H20N4O2S. The molecule has 0 bridgehead atoms. The van der Waals surface area contributed by atoms with Crippen molar-refractivity contribution in [3.05, 3.63) is 10.6 Å². The van der Waals surface area contributed by atoms with Crippen molar-refractivity contribution in [2.75, 3.05) is 32.4 Å². The monoisotopic (exact) mass is 284 g/mol. The first-order chi connectivity index (χ1) is 8.90. The Bertz CT molecular complexity index is 468. The van der Waals surface area contributed by atoms with E-state index in [9.17, 15) is 9.59 Å². The van der Waals surface area contributed by atoms with Gasteiger partial charge in [-0.3, -0.25) is 9.59 Å². The van der Waals surface area contributed by atoms with E-state index in [4.69, 9.17) is 5.73 Å². The fraction of sp³-hybridized carbons (Fsp3) is 0.583. The quantitative estimate of drug-likeness (QED) is 0.874. The Morgan fingerprint density at radius 1 is 1.32 bits per heavy atom. The predicted octanol–water partition coefficient (Wildman–Crippen LogP) is 0.974. The molecule has 7 heteroatoms. The average Bonchev–Trinajstić information content (AvgIpc) is 2.68. The Morgan fingerprint density at radius 3 is 2.32 bits per heavy atom. The minimum Gasteiger partial charge on any atom is -0.375 e. The predicted molar refractivity (Wildman–Crippen MR) is 76.2 cm³/mol. The molecule has 0 aliphatic carbocycles. The number of amides is 2. The largest absolute Gasteiger partial charge is 0.375 e. The zero-order chi connectivity index (χ0) is 14.6. The summed E-state index contributed by atoms with van der Waals surface area (Å²) in [7, 11) is 1.61. The van der Waals surface area contributed by atoms with Gasteiger partial charge in [-0.1, -0.05) is 11.3 Å². The number of thiazole rings is 1. The molecule has 0 aliphatic heterocycles. The van der Waals surface area contributed by atoms with E-state index in [1.54, 1.807) is 18.9 Å². The summed E-state index contributed by atoms with van der Waals surface area (Å²) in [6, 6.07) is 0. The second-order valence-electron chi connectivity index (χ2n) is 4.19. The molecule has 6 nitrogen and oxygen atoms in total. The minimum atomic E-state index is -0.216. The molecule has 2 amide bonds. The lowest BCUT2D eigenvalue weighted by Gasteiger charge is -2.22. The molecule has 0 spiro atoms. The number of nitrogen functional groups attached to an aromatic ring is 1. The van der Waals surface area contributed by atoms with Crippen molar-refractivity contribution in [2.24, 2.45) is 0 Å². The van der Waals surface area contributed by atoms with Crippen molar-refractivity contribution in [1.82, 2.24) is 14.8 Å². The Morgan fingerprint density at radius 2 is 1.89 bits per heavy atom. The number of aromatic nitrogens is 1. The molecule has 1 aromatic rings. The maximum Gasteiger partial charge on any atom is 0.266 e. The first-order valence-electron chi connectivity index (χ1n) is 6.16. The third kappa shape index (κ3) is 3.66. The Balaban J connectivity index is 2.73. The van der Waals surface area contributed by atoms with Crippen LogP contribution in [0.5, 0.6) is 0 Å². The molecule has 1 aromatic heterocycles. The van der Waals surface area contributed by atoms with Gasteiger partial charge in [0.1, 0.15) is 4.88 Å². The smallest absolute Gasteiger partial charge is 0.266 e. The van der Waals surface area contributed by atoms with Gasteiger partial charge in [0.25, 0.3) is 5.91 Å². The maximum absolute atomic E-state index is 12.2. The molecular weight excluding hydrogens is 264 g/mol. The van der Waals surface area contributed by atoms with Gasteiger partial charge in [-0.05, 0) is 20.8 Å². The van der Waals surface area contributed by atoms with Crippen LogP contribution in [-0.4, -0.2) is 53.3 Å². The lowest BCUT2D eigenvalue weighted by Crippen LogP contribution is -2.41. The summed E-state index contributed by atoms with van der Waals surface area (Å²) in [4.78, 5) is 31.7. The number of likely N-dealkylation sites (N-methyl/N-ethyl adjacent to an activating group) is 2. The molecule has 0 aromatic carbocycles. The molecule has 0 saturated carbocycles. The fourth-order valence-corrected chi connectivity index (χ4v) is 2.57. The zero-order valence-electron chi connectivity index (χ0n) is 11.8. The van der Waals surface area contributed by atoms with E-state index in [0.29, 0.717) is 28.8 Å². The fourth-order valence-electron chi connectivity index (χ4n) is 1.74. The summed E-state index contributed by atoms with van der Waals surface area (Å²) in [5.74, 6) is -0.275. The summed E-state index contributed by atoms with van der Waals surface area (Å²) in [6.07, 6.45) is 0. The first-order valence-corrected chi connectivity index (χ1v) is 6.98. The topological polar surface area (TPSA) is 79.5 Å². The van der Waals surface area contributed by atoms with Crippen molar-refractivity contribution < 1.29 is 9.59 Å². The van der Waals surface area contributed by atoms with Gasteiger partial charge in [0.15, 0.2) is 5.13 Å². The van der Waals surface area contributed by atoms with E-state index < -0.39 is 0 Å². The number of hydrogen-bond acceptors (Lipinski definition) is 5. The zero-order valence-corrected chi connectivity index (χ0v) is 12.6. The summed E-state index contributed by atoms with van der Waals surface area (Å²) < 4.78 is 0. The molecule has 106 valence electrons. The summed E-state index contributed by atoms with van der Waals surface area (Å²) in [5.41, 5.74) is 6.18. The lowest BCUT2D eigenvalue weighted by atomic mass is 10.3. The molecule has 0 fully saturated rings. The molecule has 0 aliphatic rings. The highest BCUT2D eigenvalue weighted by molar-refractivity contribution is 7.17. The van der Waals surface area contributed by atoms with E-state index in [0.717, 1.165) is 11.3 Å². The molecule has 0 atom stereocenters. The number of carbonyl (C=O) groups excluding carboxylic acids is 2. The van der Waals surface area contributed by atoms with Crippen LogP contribution in [0.4, 0.5) is 5.13 Å². The second-order valence-corrected chi connectivity index (χ2v) is 5.22. The van der Waals surface area contributed by atoms with E-state index in [2.05, 4.69) is 4.98 Å². The third-order valence-electron chi connectivity index (χ3n) is 2.84. The van der Waals surface area contributed by atoms with Crippen LogP contribution in [0.3, 0.4) is 0 Å².